The lowest BCUT2D eigenvalue weighted by Crippen LogP contribution is -2.17. The summed E-state index contributed by atoms with van der Waals surface area (Å²) in [4.78, 5) is 23.3. The van der Waals surface area contributed by atoms with E-state index in [1.807, 2.05) is 36.4 Å². The number of ketones is 1. The van der Waals surface area contributed by atoms with Gasteiger partial charge in [-0.15, -0.1) is 0 Å². The van der Waals surface area contributed by atoms with Gasteiger partial charge >= 0.3 is 5.97 Å². The molecule has 2 aromatic rings. The van der Waals surface area contributed by atoms with E-state index in [1.54, 1.807) is 25.1 Å². The summed E-state index contributed by atoms with van der Waals surface area (Å²) in [5.74, 6) is -1.42. The van der Waals surface area contributed by atoms with Crippen molar-refractivity contribution in [3.8, 4) is 11.1 Å². The highest BCUT2D eigenvalue weighted by Gasteiger charge is 2.17. The molecule has 0 atom stereocenters. The molecule has 0 aliphatic carbocycles. The molecule has 96 valence electrons. The standard InChI is InChI=1S/C16H14O3/c1-2-19-16(18)15(17)14-10-6-9-13(11-14)12-7-4-3-5-8-12/h3-11H,2H2,1H3. The van der Waals surface area contributed by atoms with E-state index in [-0.39, 0.29) is 6.61 Å². The zero-order valence-electron chi connectivity index (χ0n) is 10.6. The summed E-state index contributed by atoms with van der Waals surface area (Å²) < 4.78 is 4.72. The van der Waals surface area contributed by atoms with Gasteiger partial charge in [0.1, 0.15) is 0 Å². The molecule has 2 aromatic carbocycles. The van der Waals surface area contributed by atoms with E-state index in [0.29, 0.717) is 5.56 Å². The fourth-order valence-corrected chi connectivity index (χ4v) is 1.79. The summed E-state index contributed by atoms with van der Waals surface area (Å²) in [5, 5.41) is 0. The molecule has 0 radical (unpaired) electrons. The number of carbonyl (C=O) groups is 2. The second-order valence-electron chi connectivity index (χ2n) is 4.00. The minimum Gasteiger partial charge on any atom is -0.460 e. The maximum atomic E-state index is 11.8. The number of carbonyl (C=O) groups excluding carboxylic acids is 2. The largest absolute Gasteiger partial charge is 0.460 e. The Labute approximate surface area is 111 Å². The van der Waals surface area contributed by atoms with Crippen molar-refractivity contribution >= 4 is 11.8 Å². The third-order valence-electron chi connectivity index (χ3n) is 2.69. The lowest BCUT2D eigenvalue weighted by molar-refractivity contribution is -0.137. The predicted octanol–water partition coefficient (Wildman–Crippen LogP) is 3.10. The fourth-order valence-electron chi connectivity index (χ4n) is 1.79. The molecule has 0 aromatic heterocycles. The molecule has 0 fully saturated rings. The van der Waals surface area contributed by atoms with Gasteiger partial charge in [-0.25, -0.2) is 4.79 Å². The number of esters is 1. The smallest absolute Gasteiger partial charge is 0.379 e. The lowest BCUT2D eigenvalue weighted by Gasteiger charge is -2.04. The number of hydrogen-bond acceptors (Lipinski definition) is 3. The highest BCUT2D eigenvalue weighted by atomic mass is 16.5. The number of Topliss-reactive ketones (excluding diaryl/α,β-unsaturated/α-hetero) is 1. The van der Waals surface area contributed by atoms with Gasteiger partial charge in [0, 0.05) is 5.56 Å². The molecular weight excluding hydrogens is 240 g/mol. The maximum Gasteiger partial charge on any atom is 0.379 e. The summed E-state index contributed by atoms with van der Waals surface area (Å²) in [6.45, 7) is 1.87. The average Bonchev–Trinajstić information content (AvgIpc) is 2.48. The Bertz CT molecular complexity index is 588. The molecule has 3 nitrogen and oxygen atoms in total. The van der Waals surface area contributed by atoms with Crippen LogP contribution in [0.25, 0.3) is 11.1 Å². The molecule has 0 heterocycles. The van der Waals surface area contributed by atoms with Crippen molar-refractivity contribution in [3.05, 3.63) is 60.2 Å². The van der Waals surface area contributed by atoms with Crippen LogP contribution in [0.4, 0.5) is 0 Å². The van der Waals surface area contributed by atoms with Crippen LogP contribution in [0.5, 0.6) is 0 Å². The van der Waals surface area contributed by atoms with E-state index in [0.717, 1.165) is 11.1 Å². The van der Waals surface area contributed by atoms with Crippen molar-refractivity contribution < 1.29 is 14.3 Å². The molecule has 0 N–H and O–H groups in total. The van der Waals surface area contributed by atoms with Crippen LogP contribution in [0.3, 0.4) is 0 Å². The molecule has 0 amide bonds. The first-order valence-electron chi connectivity index (χ1n) is 6.09. The van der Waals surface area contributed by atoms with Crippen LogP contribution in [-0.4, -0.2) is 18.4 Å². The van der Waals surface area contributed by atoms with Gasteiger partial charge in [0.2, 0.25) is 0 Å². The molecule has 2 rings (SSSR count). The molecule has 19 heavy (non-hydrogen) atoms. The van der Waals surface area contributed by atoms with E-state index in [9.17, 15) is 9.59 Å². The van der Waals surface area contributed by atoms with Gasteiger partial charge in [-0.3, -0.25) is 4.79 Å². The van der Waals surface area contributed by atoms with Crippen LogP contribution in [0, 0.1) is 0 Å². The number of rotatable bonds is 4. The zero-order valence-corrected chi connectivity index (χ0v) is 10.6. The van der Waals surface area contributed by atoms with Gasteiger partial charge in [0.25, 0.3) is 5.78 Å². The topological polar surface area (TPSA) is 43.4 Å². The number of benzene rings is 2. The number of hydrogen-bond donors (Lipinski definition) is 0. The summed E-state index contributed by atoms with van der Waals surface area (Å²) >= 11 is 0. The van der Waals surface area contributed by atoms with Crippen molar-refractivity contribution in [1.29, 1.82) is 0 Å². The van der Waals surface area contributed by atoms with E-state index in [2.05, 4.69) is 0 Å². The highest BCUT2D eigenvalue weighted by molar-refractivity contribution is 6.40. The van der Waals surface area contributed by atoms with E-state index >= 15 is 0 Å². The second kappa shape index (κ2) is 5.96. The fraction of sp³-hybridized carbons (Fsp3) is 0.125. The predicted molar refractivity (Wildman–Crippen MR) is 72.8 cm³/mol. The molecule has 0 saturated heterocycles. The summed E-state index contributed by atoms with van der Waals surface area (Å²) in [6.07, 6.45) is 0. The molecule has 0 unspecified atom stereocenters. The molecule has 0 aliphatic heterocycles. The van der Waals surface area contributed by atoms with Crippen molar-refractivity contribution in [1.82, 2.24) is 0 Å². The number of ether oxygens (including phenoxy) is 1. The molecule has 0 saturated carbocycles. The zero-order chi connectivity index (χ0) is 13.7. The van der Waals surface area contributed by atoms with Gasteiger partial charge in [-0.2, -0.15) is 0 Å². The van der Waals surface area contributed by atoms with Crippen LogP contribution < -0.4 is 0 Å². The third kappa shape index (κ3) is 3.07. The van der Waals surface area contributed by atoms with Crippen LogP contribution >= 0.6 is 0 Å². The first-order valence-corrected chi connectivity index (χ1v) is 6.09. The molecular formula is C16H14O3. The summed E-state index contributed by atoms with van der Waals surface area (Å²) in [7, 11) is 0. The van der Waals surface area contributed by atoms with Crippen molar-refractivity contribution in [2.45, 2.75) is 6.92 Å². The summed E-state index contributed by atoms with van der Waals surface area (Å²) in [6, 6.07) is 16.7. The minimum atomic E-state index is -0.812. The summed E-state index contributed by atoms with van der Waals surface area (Å²) in [5.41, 5.74) is 2.25. The quantitative estimate of drug-likeness (QED) is 0.478. The first kappa shape index (κ1) is 13.0. The second-order valence-corrected chi connectivity index (χ2v) is 4.00. The average molecular weight is 254 g/mol. The van der Waals surface area contributed by atoms with E-state index < -0.39 is 11.8 Å². The minimum absolute atomic E-state index is 0.197. The van der Waals surface area contributed by atoms with E-state index in [4.69, 9.17) is 4.74 Å². The Morgan fingerprint density at radius 2 is 1.63 bits per heavy atom. The monoisotopic (exact) mass is 254 g/mol. The molecule has 0 bridgehead atoms. The third-order valence-corrected chi connectivity index (χ3v) is 2.69. The Morgan fingerprint density at radius 3 is 2.32 bits per heavy atom. The SMILES string of the molecule is CCOC(=O)C(=O)c1cccc(-c2ccccc2)c1. The van der Waals surface area contributed by atoms with Crippen LogP contribution in [-0.2, 0) is 9.53 Å². The van der Waals surface area contributed by atoms with Gasteiger partial charge in [-0.1, -0.05) is 48.5 Å². The van der Waals surface area contributed by atoms with Gasteiger partial charge < -0.3 is 4.74 Å². The van der Waals surface area contributed by atoms with Gasteiger partial charge in [0.05, 0.1) is 6.61 Å². The van der Waals surface area contributed by atoms with Gasteiger partial charge in [0.15, 0.2) is 0 Å². The van der Waals surface area contributed by atoms with Crippen molar-refractivity contribution in [2.24, 2.45) is 0 Å². The first-order chi connectivity index (χ1) is 9.22. The molecule has 0 aliphatic rings. The van der Waals surface area contributed by atoms with Gasteiger partial charge in [-0.05, 0) is 24.1 Å². The Morgan fingerprint density at radius 1 is 0.947 bits per heavy atom. The molecule has 0 spiro atoms. The molecule has 3 heteroatoms. The maximum absolute atomic E-state index is 11.8. The Balaban J connectivity index is 2.30. The highest BCUT2D eigenvalue weighted by Crippen LogP contribution is 2.20. The normalized spacial score (nSPS) is 9.95. The van der Waals surface area contributed by atoms with E-state index in [1.165, 1.54) is 0 Å². The Kier molecular flexibility index (Phi) is 4.08. The Hall–Kier alpha value is -2.42. The van der Waals surface area contributed by atoms with Crippen LogP contribution in [0.15, 0.2) is 54.6 Å². The van der Waals surface area contributed by atoms with Crippen LogP contribution in [0.2, 0.25) is 0 Å². The lowest BCUT2D eigenvalue weighted by atomic mass is 10.0. The van der Waals surface area contributed by atoms with Crippen molar-refractivity contribution in [2.75, 3.05) is 6.61 Å². The van der Waals surface area contributed by atoms with Crippen LogP contribution in [0.1, 0.15) is 17.3 Å². The van der Waals surface area contributed by atoms with Crippen molar-refractivity contribution in [3.63, 3.8) is 0 Å².